The Kier molecular flexibility index (Phi) is 6.83. The highest BCUT2D eigenvalue weighted by Crippen LogP contribution is 2.64. The van der Waals surface area contributed by atoms with E-state index in [1.54, 1.807) is 12.1 Å². The predicted molar refractivity (Wildman–Crippen MR) is 97.8 cm³/mol. The third-order valence-corrected chi connectivity index (χ3v) is 8.96. The van der Waals surface area contributed by atoms with Crippen molar-refractivity contribution in [1.82, 2.24) is 0 Å². The smallest absolute Gasteiger partial charge is 0.371 e. The van der Waals surface area contributed by atoms with Gasteiger partial charge in [-0.25, -0.2) is 0 Å². The molecule has 0 aliphatic heterocycles. The maximum atomic E-state index is 13.2. The van der Waals surface area contributed by atoms with E-state index < -0.39 is 15.2 Å². The van der Waals surface area contributed by atoms with Gasteiger partial charge in [0, 0.05) is 41.1 Å². The summed E-state index contributed by atoms with van der Waals surface area (Å²) in [7, 11) is -0.201. The summed E-state index contributed by atoms with van der Waals surface area (Å²) in [5.41, 5.74) is 0.869. The molecule has 1 heterocycles. The third-order valence-electron chi connectivity index (χ3n) is 3.61. The first-order valence-corrected chi connectivity index (χ1v) is 10.4. The molecular formula is C16H22O7P2. The van der Waals surface area contributed by atoms with Gasteiger partial charge in [0.2, 0.25) is 0 Å². The normalized spacial score (nSPS) is 12.4. The highest BCUT2D eigenvalue weighted by Gasteiger charge is 2.42. The Hall–Kier alpha value is -1.17. The molecule has 138 valence electrons. The first-order chi connectivity index (χ1) is 12.0. The number of furan rings is 1. The van der Waals surface area contributed by atoms with Crippen LogP contribution in [0.5, 0.6) is 0 Å². The lowest BCUT2D eigenvalue weighted by molar-refractivity contribution is 0.231. The molecule has 0 amide bonds. The van der Waals surface area contributed by atoms with Gasteiger partial charge >= 0.3 is 7.60 Å². The number of benzene rings is 1. The zero-order chi connectivity index (χ0) is 18.5. The molecule has 7 nitrogen and oxygen atoms in total. The van der Waals surface area contributed by atoms with Crippen molar-refractivity contribution < 1.29 is 31.6 Å². The van der Waals surface area contributed by atoms with Gasteiger partial charge in [-0.1, -0.05) is 30.3 Å². The van der Waals surface area contributed by atoms with Gasteiger partial charge in [0.15, 0.2) is 5.03 Å². The van der Waals surface area contributed by atoms with E-state index in [4.69, 9.17) is 27.0 Å². The molecule has 0 radical (unpaired) electrons. The molecule has 0 unspecified atom stereocenters. The lowest BCUT2D eigenvalue weighted by Gasteiger charge is -2.26. The van der Waals surface area contributed by atoms with Crippen LogP contribution in [0.4, 0.5) is 0 Å². The maximum Gasteiger partial charge on any atom is 0.371 e. The van der Waals surface area contributed by atoms with Crippen LogP contribution in [0.25, 0.3) is 11.3 Å². The topological polar surface area (TPSA) is 76.4 Å². The molecule has 0 atom stereocenters. The molecule has 2 aromatic rings. The highest BCUT2D eigenvalue weighted by molar-refractivity contribution is 7.89. The lowest BCUT2D eigenvalue weighted by Crippen LogP contribution is -2.11. The molecule has 2 rings (SSSR count). The zero-order valence-electron chi connectivity index (χ0n) is 14.8. The molecular weight excluding hydrogens is 366 g/mol. The van der Waals surface area contributed by atoms with Gasteiger partial charge in [0.25, 0.3) is 7.57 Å². The number of rotatable bonds is 8. The second-order valence-corrected chi connectivity index (χ2v) is 9.82. The average molecular weight is 388 g/mol. The van der Waals surface area contributed by atoms with E-state index in [9.17, 15) is 4.57 Å². The fraction of sp³-hybridized carbons (Fsp3) is 0.312. The summed E-state index contributed by atoms with van der Waals surface area (Å²) in [5.74, 6) is 0.845. The van der Waals surface area contributed by atoms with Crippen LogP contribution in [0.2, 0.25) is 0 Å². The third kappa shape index (κ3) is 3.83. The Morgan fingerprint density at radius 3 is 1.84 bits per heavy atom. The monoisotopic (exact) mass is 388 g/mol. The Bertz CT molecular complexity index is 771. The second-order valence-electron chi connectivity index (χ2n) is 4.76. The minimum Gasteiger partial charge on any atom is -0.455 e. The molecule has 0 saturated carbocycles. The van der Waals surface area contributed by atoms with Crippen molar-refractivity contribution in [2.45, 2.75) is 0 Å². The summed E-state index contributed by atoms with van der Waals surface area (Å²) >= 11 is 0. The van der Waals surface area contributed by atoms with Gasteiger partial charge < -0.3 is 27.0 Å². The summed E-state index contributed by atoms with van der Waals surface area (Å²) in [5, 5.41) is 0.0830. The van der Waals surface area contributed by atoms with Crippen molar-refractivity contribution in [1.29, 1.82) is 0 Å². The summed E-state index contributed by atoms with van der Waals surface area (Å²) in [6.45, 7) is 0. The predicted octanol–water partition coefficient (Wildman–Crippen LogP) is 4.61. The maximum absolute atomic E-state index is 13.2. The molecule has 0 N–H and O–H groups in total. The van der Waals surface area contributed by atoms with Crippen LogP contribution in [0, 0.1) is 0 Å². The molecule has 1 aromatic carbocycles. The van der Waals surface area contributed by atoms with Crippen LogP contribution < -0.4 is 0 Å². The van der Waals surface area contributed by atoms with Crippen molar-refractivity contribution in [2.24, 2.45) is 0 Å². The summed E-state index contributed by atoms with van der Waals surface area (Å²) in [6, 6.07) is 12.9. The average Bonchev–Trinajstić information content (AvgIpc) is 3.15. The molecule has 0 spiro atoms. The van der Waals surface area contributed by atoms with Crippen LogP contribution in [0.15, 0.2) is 46.9 Å². The SMILES string of the molecule is COP(=O)(OC)C(c1ccc(-c2ccccc2)o1)=P(OC)(OC)OC. The molecule has 0 aliphatic rings. The van der Waals surface area contributed by atoms with Crippen molar-refractivity contribution in [3.8, 4) is 11.3 Å². The van der Waals surface area contributed by atoms with Gasteiger partial charge in [-0.3, -0.25) is 4.57 Å². The second kappa shape index (κ2) is 8.47. The van der Waals surface area contributed by atoms with Crippen LogP contribution in [0.3, 0.4) is 0 Å². The van der Waals surface area contributed by atoms with Gasteiger partial charge in [-0.2, -0.15) is 0 Å². The van der Waals surface area contributed by atoms with Crippen LogP contribution in [-0.4, -0.2) is 40.6 Å². The van der Waals surface area contributed by atoms with Gasteiger partial charge in [0.05, 0.1) is 0 Å². The van der Waals surface area contributed by atoms with Crippen molar-refractivity contribution in [3.05, 3.63) is 48.2 Å². The van der Waals surface area contributed by atoms with Gasteiger partial charge in [0.1, 0.15) is 11.5 Å². The Balaban J connectivity index is 2.73. The van der Waals surface area contributed by atoms with Crippen LogP contribution in [-0.2, 0) is 27.2 Å². The molecule has 0 fully saturated rings. The Morgan fingerprint density at radius 2 is 1.36 bits per heavy atom. The number of hydrogen-bond acceptors (Lipinski definition) is 7. The first kappa shape index (κ1) is 20.1. The minimum absolute atomic E-state index is 0.0830. The molecule has 1 aromatic heterocycles. The number of hydrogen-bond donors (Lipinski definition) is 0. The Labute approximate surface area is 147 Å². The first-order valence-electron chi connectivity index (χ1n) is 7.31. The lowest BCUT2D eigenvalue weighted by atomic mass is 10.2. The van der Waals surface area contributed by atoms with Gasteiger partial charge in [-0.05, 0) is 12.1 Å². The van der Waals surface area contributed by atoms with E-state index in [-0.39, 0.29) is 10.8 Å². The fourth-order valence-corrected chi connectivity index (χ4v) is 7.03. The largest absolute Gasteiger partial charge is 0.455 e. The van der Waals surface area contributed by atoms with E-state index in [0.29, 0.717) is 5.76 Å². The summed E-state index contributed by atoms with van der Waals surface area (Å²) < 4.78 is 45.8. The highest BCUT2D eigenvalue weighted by atomic mass is 31.2. The van der Waals surface area contributed by atoms with E-state index in [0.717, 1.165) is 5.56 Å². The molecule has 0 saturated heterocycles. The molecule has 9 heteroatoms. The van der Waals surface area contributed by atoms with Gasteiger partial charge in [-0.15, -0.1) is 0 Å². The molecule has 25 heavy (non-hydrogen) atoms. The van der Waals surface area contributed by atoms with E-state index in [1.165, 1.54) is 35.5 Å². The van der Waals surface area contributed by atoms with Crippen LogP contribution in [0.1, 0.15) is 5.76 Å². The zero-order valence-corrected chi connectivity index (χ0v) is 16.6. The van der Waals surface area contributed by atoms with E-state index >= 15 is 0 Å². The van der Waals surface area contributed by atoms with Crippen molar-refractivity contribution >= 4 is 20.2 Å². The van der Waals surface area contributed by atoms with Crippen LogP contribution >= 0.6 is 15.2 Å². The summed E-state index contributed by atoms with van der Waals surface area (Å²) in [6.07, 6.45) is 0. The molecule has 0 aliphatic carbocycles. The standard InChI is InChI=1S/C16H22O7P2/c1-18-24(17,19-2)16(25(20-3,21-4)22-5)15-12-11-14(23-15)13-9-7-6-8-10-13/h6-12H,1-5H3. The Morgan fingerprint density at radius 1 is 0.800 bits per heavy atom. The van der Waals surface area contributed by atoms with Crippen molar-refractivity contribution in [2.75, 3.05) is 35.5 Å². The molecule has 0 bridgehead atoms. The quantitative estimate of drug-likeness (QED) is 0.611. The summed E-state index contributed by atoms with van der Waals surface area (Å²) in [4.78, 5) is 0. The van der Waals surface area contributed by atoms with E-state index in [2.05, 4.69) is 0 Å². The van der Waals surface area contributed by atoms with Crippen molar-refractivity contribution in [3.63, 3.8) is 0 Å². The van der Waals surface area contributed by atoms with E-state index in [1.807, 2.05) is 30.3 Å². The fourth-order valence-electron chi connectivity index (χ4n) is 2.37. The minimum atomic E-state index is -3.77.